The van der Waals surface area contributed by atoms with Gasteiger partial charge in [0.25, 0.3) is 5.91 Å². The Morgan fingerprint density at radius 1 is 1.14 bits per heavy atom. The van der Waals surface area contributed by atoms with Gasteiger partial charge in [-0.1, -0.05) is 17.7 Å². The minimum Gasteiger partial charge on any atom is -0.378 e. The van der Waals surface area contributed by atoms with E-state index in [1.807, 2.05) is 6.07 Å². The molecule has 1 aliphatic rings. The zero-order valence-electron chi connectivity index (χ0n) is 15.7. The van der Waals surface area contributed by atoms with Gasteiger partial charge in [0.2, 0.25) is 10.0 Å². The summed E-state index contributed by atoms with van der Waals surface area (Å²) >= 11 is 6.13. The summed E-state index contributed by atoms with van der Waals surface area (Å²) in [4.78, 5) is 15.0. The van der Waals surface area contributed by atoms with Gasteiger partial charge in [0, 0.05) is 37.8 Å². The molecule has 1 saturated heterocycles. The molecule has 2 aromatic rings. The lowest BCUT2D eigenvalue weighted by Gasteiger charge is -2.30. The lowest BCUT2D eigenvalue weighted by molar-refractivity contribution is 0.102. The van der Waals surface area contributed by atoms with E-state index in [0.717, 1.165) is 9.99 Å². The molecule has 0 aromatic heterocycles. The van der Waals surface area contributed by atoms with Gasteiger partial charge in [-0.3, -0.25) is 4.79 Å². The highest BCUT2D eigenvalue weighted by Crippen LogP contribution is 2.30. The molecule has 9 heteroatoms. The van der Waals surface area contributed by atoms with E-state index in [4.69, 9.17) is 16.3 Å². The number of amides is 1. The number of carbonyl (C=O) groups excluding carboxylic acids is 1. The molecular weight excluding hydrogens is 402 g/mol. The van der Waals surface area contributed by atoms with Crippen molar-refractivity contribution in [3.63, 3.8) is 0 Å². The van der Waals surface area contributed by atoms with Crippen molar-refractivity contribution in [1.29, 1.82) is 0 Å². The minimum absolute atomic E-state index is 0.0599. The van der Waals surface area contributed by atoms with Crippen LogP contribution in [0.3, 0.4) is 0 Å². The van der Waals surface area contributed by atoms with Crippen molar-refractivity contribution >= 4 is 38.9 Å². The molecule has 0 radical (unpaired) electrons. The van der Waals surface area contributed by atoms with Crippen LogP contribution < -0.4 is 10.2 Å². The number of nitrogens with one attached hydrogen (secondary N) is 1. The maximum Gasteiger partial charge on any atom is 0.255 e. The van der Waals surface area contributed by atoms with Crippen molar-refractivity contribution in [2.75, 3.05) is 50.6 Å². The molecular formula is C19H22ClN3O4S. The highest BCUT2D eigenvalue weighted by Gasteiger charge is 2.20. The van der Waals surface area contributed by atoms with Crippen LogP contribution in [0.1, 0.15) is 10.4 Å². The normalized spacial score (nSPS) is 14.9. The fraction of sp³-hybridized carbons (Fsp3) is 0.316. The highest BCUT2D eigenvalue weighted by molar-refractivity contribution is 7.89. The van der Waals surface area contributed by atoms with Crippen molar-refractivity contribution < 1.29 is 17.9 Å². The van der Waals surface area contributed by atoms with E-state index < -0.39 is 15.9 Å². The number of ether oxygens (including phenoxy) is 1. The van der Waals surface area contributed by atoms with Gasteiger partial charge in [-0.05, 0) is 36.4 Å². The molecule has 1 amide bonds. The predicted molar refractivity (Wildman–Crippen MR) is 110 cm³/mol. The number of carbonyl (C=O) groups is 1. The predicted octanol–water partition coefficient (Wildman–Crippen LogP) is 2.68. The van der Waals surface area contributed by atoms with Crippen molar-refractivity contribution in [3.05, 3.63) is 53.1 Å². The monoisotopic (exact) mass is 423 g/mol. The maximum atomic E-state index is 12.8. The maximum absolute atomic E-state index is 12.8. The number of hydrogen-bond donors (Lipinski definition) is 1. The van der Waals surface area contributed by atoms with E-state index in [-0.39, 0.29) is 10.5 Å². The average Bonchev–Trinajstić information content (AvgIpc) is 2.68. The number of sulfonamides is 1. The zero-order valence-corrected chi connectivity index (χ0v) is 17.3. The Morgan fingerprint density at radius 2 is 1.86 bits per heavy atom. The standard InChI is InChI=1S/C19H22ClN3O4S/c1-22(2)28(25,26)16-5-3-4-14(12-16)19(24)21-17-13-15(20)6-7-18(17)23-8-10-27-11-9-23/h3-7,12-13H,8-11H2,1-2H3,(H,21,24). The Balaban J connectivity index is 1.89. The third-order valence-corrected chi connectivity index (χ3v) is 6.48. The molecule has 0 aliphatic carbocycles. The molecule has 1 N–H and O–H groups in total. The molecule has 1 heterocycles. The van der Waals surface area contributed by atoms with E-state index in [9.17, 15) is 13.2 Å². The first-order valence-corrected chi connectivity index (χ1v) is 10.6. The number of rotatable bonds is 5. The lowest BCUT2D eigenvalue weighted by atomic mass is 10.2. The summed E-state index contributed by atoms with van der Waals surface area (Å²) < 4.78 is 31.1. The minimum atomic E-state index is -3.63. The topological polar surface area (TPSA) is 79.0 Å². The first-order chi connectivity index (χ1) is 13.3. The zero-order chi connectivity index (χ0) is 20.3. The van der Waals surface area contributed by atoms with Crippen LogP contribution in [0.25, 0.3) is 0 Å². The van der Waals surface area contributed by atoms with Gasteiger partial charge in [0.15, 0.2) is 0 Å². The molecule has 0 unspecified atom stereocenters. The van der Waals surface area contributed by atoms with Gasteiger partial charge in [0.05, 0.1) is 29.5 Å². The summed E-state index contributed by atoms with van der Waals surface area (Å²) in [5, 5.41) is 3.36. The van der Waals surface area contributed by atoms with Crippen molar-refractivity contribution in [3.8, 4) is 0 Å². The molecule has 0 spiro atoms. The summed E-state index contributed by atoms with van der Waals surface area (Å²) in [5.74, 6) is -0.410. The largest absolute Gasteiger partial charge is 0.378 e. The van der Waals surface area contributed by atoms with Gasteiger partial charge >= 0.3 is 0 Å². The van der Waals surface area contributed by atoms with Crippen LogP contribution >= 0.6 is 11.6 Å². The van der Waals surface area contributed by atoms with Crippen molar-refractivity contribution in [1.82, 2.24) is 4.31 Å². The third-order valence-electron chi connectivity index (χ3n) is 4.43. The molecule has 3 rings (SSSR count). The van der Waals surface area contributed by atoms with Crippen molar-refractivity contribution in [2.45, 2.75) is 4.90 Å². The van der Waals surface area contributed by atoms with E-state index in [1.54, 1.807) is 24.3 Å². The summed E-state index contributed by atoms with van der Waals surface area (Å²) in [7, 11) is -0.734. The molecule has 0 bridgehead atoms. The Morgan fingerprint density at radius 3 is 2.54 bits per heavy atom. The summed E-state index contributed by atoms with van der Waals surface area (Å²) in [6.07, 6.45) is 0. The Kier molecular flexibility index (Phi) is 6.24. The lowest BCUT2D eigenvalue weighted by Crippen LogP contribution is -2.36. The Bertz CT molecular complexity index is 973. The van der Waals surface area contributed by atoms with Crippen LogP contribution in [0.4, 0.5) is 11.4 Å². The number of halogens is 1. The van der Waals surface area contributed by atoms with Gasteiger partial charge in [-0.15, -0.1) is 0 Å². The quantitative estimate of drug-likeness (QED) is 0.799. The SMILES string of the molecule is CN(C)S(=O)(=O)c1cccc(C(=O)Nc2cc(Cl)ccc2N2CCOCC2)c1. The second-order valence-electron chi connectivity index (χ2n) is 6.53. The Labute approximate surface area is 169 Å². The van der Waals surface area contributed by atoms with Gasteiger partial charge in [0.1, 0.15) is 0 Å². The van der Waals surface area contributed by atoms with E-state index in [1.165, 1.54) is 26.2 Å². The average molecular weight is 424 g/mol. The summed E-state index contributed by atoms with van der Waals surface area (Å²) in [6.45, 7) is 2.64. The van der Waals surface area contributed by atoms with E-state index in [0.29, 0.717) is 37.0 Å². The molecule has 28 heavy (non-hydrogen) atoms. The van der Waals surface area contributed by atoms with Crippen LogP contribution in [0.15, 0.2) is 47.4 Å². The molecule has 150 valence electrons. The summed E-state index contributed by atoms with van der Waals surface area (Å²) in [6, 6.07) is 11.3. The third kappa shape index (κ3) is 4.47. The number of benzene rings is 2. The molecule has 1 aliphatic heterocycles. The molecule has 7 nitrogen and oxygen atoms in total. The first-order valence-electron chi connectivity index (χ1n) is 8.75. The van der Waals surface area contributed by atoms with Crippen LogP contribution in [-0.4, -0.2) is 59.0 Å². The first kappa shape index (κ1) is 20.6. The second-order valence-corrected chi connectivity index (χ2v) is 9.12. The van der Waals surface area contributed by atoms with E-state index >= 15 is 0 Å². The van der Waals surface area contributed by atoms with Gasteiger partial charge < -0.3 is 15.0 Å². The van der Waals surface area contributed by atoms with Crippen molar-refractivity contribution in [2.24, 2.45) is 0 Å². The highest BCUT2D eigenvalue weighted by atomic mass is 35.5. The fourth-order valence-corrected chi connectivity index (χ4v) is 4.01. The smallest absolute Gasteiger partial charge is 0.255 e. The number of nitrogens with zero attached hydrogens (tertiary/aromatic N) is 2. The van der Waals surface area contributed by atoms with Gasteiger partial charge in [-0.25, -0.2) is 12.7 Å². The molecule has 2 aromatic carbocycles. The number of hydrogen-bond acceptors (Lipinski definition) is 5. The van der Waals surface area contributed by atoms with Crippen LogP contribution in [0.2, 0.25) is 5.02 Å². The fourth-order valence-electron chi connectivity index (χ4n) is 2.89. The van der Waals surface area contributed by atoms with Gasteiger partial charge in [-0.2, -0.15) is 0 Å². The van der Waals surface area contributed by atoms with Crippen LogP contribution in [0, 0.1) is 0 Å². The number of anilines is 2. The molecule has 0 atom stereocenters. The second kappa shape index (κ2) is 8.48. The number of morpholine rings is 1. The Hall–Kier alpha value is -2.13. The molecule has 1 fully saturated rings. The van der Waals surface area contributed by atoms with Crippen LogP contribution in [-0.2, 0) is 14.8 Å². The van der Waals surface area contributed by atoms with Crippen LogP contribution in [0.5, 0.6) is 0 Å². The summed E-state index contributed by atoms with van der Waals surface area (Å²) in [5.41, 5.74) is 1.66. The van der Waals surface area contributed by atoms with E-state index in [2.05, 4.69) is 10.2 Å². The molecule has 0 saturated carbocycles.